The van der Waals surface area contributed by atoms with Gasteiger partial charge in [-0.05, 0) is 38.5 Å². The van der Waals surface area contributed by atoms with Crippen LogP contribution in [-0.4, -0.2) is 31.3 Å². The van der Waals surface area contributed by atoms with Crippen LogP contribution in [0.5, 0.6) is 0 Å². The zero-order valence-corrected chi connectivity index (χ0v) is 8.87. The van der Waals surface area contributed by atoms with Crippen molar-refractivity contribution in [2.45, 2.75) is 56.7 Å². The first-order chi connectivity index (χ1) is 6.84. The molecule has 2 aliphatic rings. The van der Waals surface area contributed by atoms with Gasteiger partial charge in [-0.15, -0.1) is 0 Å². The lowest BCUT2D eigenvalue weighted by Crippen LogP contribution is -2.40. The molecule has 0 aromatic heterocycles. The third-order valence-corrected chi connectivity index (χ3v) is 3.43. The summed E-state index contributed by atoms with van der Waals surface area (Å²) in [4.78, 5) is 0. The van der Waals surface area contributed by atoms with Gasteiger partial charge in [-0.1, -0.05) is 0 Å². The average molecular weight is 198 g/mol. The minimum atomic E-state index is 0.454. The largest absolute Gasteiger partial charge is 0.377 e. The first kappa shape index (κ1) is 10.4. The molecule has 1 aliphatic heterocycles. The zero-order chi connectivity index (χ0) is 9.80. The summed E-state index contributed by atoms with van der Waals surface area (Å²) in [6.45, 7) is 2.00. The Balaban J connectivity index is 1.60. The molecule has 0 aromatic rings. The maximum atomic E-state index is 5.86. The fraction of sp³-hybridized carbons (Fsp3) is 1.00. The van der Waals surface area contributed by atoms with Crippen LogP contribution >= 0.6 is 0 Å². The second-order valence-corrected chi connectivity index (χ2v) is 4.65. The molecule has 82 valence electrons. The Morgan fingerprint density at radius 2 is 1.93 bits per heavy atom. The number of hydrogen-bond acceptors (Lipinski definition) is 3. The quantitative estimate of drug-likeness (QED) is 0.712. The molecule has 1 aliphatic carbocycles. The summed E-state index contributed by atoms with van der Waals surface area (Å²) in [6.07, 6.45) is 7.81. The fourth-order valence-electron chi connectivity index (χ4n) is 2.43. The molecule has 0 spiro atoms. The Hall–Kier alpha value is -0.120. The number of nitrogens with two attached hydrogens (primary N) is 1. The molecule has 0 bridgehead atoms. The molecule has 1 atom stereocenters. The van der Waals surface area contributed by atoms with Gasteiger partial charge in [-0.2, -0.15) is 0 Å². The van der Waals surface area contributed by atoms with E-state index in [2.05, 4.69) is 5.32 Å². The van der Waals surface area contributed by atoms with Crippen LogP contribution in [0.4, 0.5) is 0 Å². The monoisotopic (exact) mass is 198 g/mol. The molecule has 0 amide bonds. The highest BCUT2D eigenvalue weighted by Crippen LogP contribution is 2.18. The molecule has 1 saturated carbocycles. The molecule has 3 N–H and O–H groups in total. The van der Waals surface area contributed by atoms with Crippen molar-refractivity contribution in [3.8, 4) is 0 Å². The first-order valence-corrected chi connectivity index (χ1v) is 5.95. The van der Waals surface area contributed by atoms with E-state index in [0.29, 0.717) is 18.2 Å². The van der Waals surface area contributed by atoms with Gasteiger partial charge in [-0.3, -0.25) is 0 Å². The van der Waals surface area contributed by atoms with Crippen LogP contribution < -0.4 is 11.1 Å². The van der Waals surface area contributed by atoms with Gasteiger partial charge in [0.15, 0.2) is 0 Å². The van der Waals surface area contributed by atoms with E-state index in [4.69, 9.17) is 10.5 Å². The molecule has 3 nitrogen and oxygen atoms in total. The third-order valence-electron chi connectivity index (χ3n) is 3.43. The van der Waals surface area contributed by atoms with E-state index in [-0.39, 0.29) is 0 Å². The van der Waals surface area contributed by atoms with Gasteiger partial charge in [0.1, 0.15) is 0 Å². The molecule has 1 saturated heterocycles. The standard InChI is InChI=1S/C11H22N2O/c12-9-3-5-10(6-4-9)13-8-11-2-1-7-14-11/h9-11,13H,1-8,12H2/t9?,10?,11-/m1/s1. The highest BCUT2D eigenvalue weighted by Gasteiger charge is 2.20. The Bertz CT molecular complexity index is 161. The Morgan fingerprint density at radius 3 is 2.57 bits per heavy atom. The van der Waals surface area contributed by atoms with Crippen molar-refractivity contribution in [2.75, 3.05) is 13.2 Å². The van der Waals surface area contributed by atoms with Crippen molar-refractivity contribution in [2.24, 2.45) is 5.73 Å². The van der Waals surface area contributed by atoms with Gasteiger partial charge in [-0.25, -0.2) is 0 Å². The topological polar surface area (TPSA) is 47.3 Å². The van der Waals surface area contributed by atoms with Crippen LogP contribution in [0.2, 0.25) is 0 Å². The summed E-state index contributed by atoms with van der Waals surface area (Å²) < 4.78 is 5.58. The van der Waals surface area contributed by atoms with E-state index in [1.807, 2.05) is 0 Å². The van der Waals surface area contributed by atoms with Crippen LogP contribution in [-0.2, 0) is 4.74 Å². The first-order valence-electron chi connectivity index (χ1n) is 5.95. The van der Waals surface area contributed by atoms with Gasteiger partial charge < -0.3 is 15.8 Å². The summed E-state index contributed by atoms with van der Waals surface area (Å²) in [5.74, 6) is 0. The summed E-state index contributed by atoms with van der Waals surface area (Å²) in [7, 11) is 0. The van der Waals surface area contributed by atoms with Crippen molar-refractivity contribution < 1.29 is 4.74 Å². The van der Waals surface area contributed by atoms with E-state index < -0.39 is 0 Å². The molecule has 2 rings (SSSR count). The summed E-state index contributed by atoms with van der Waals surface area (Å²) in [6, 6.07) is 1.15. The molecular formula is C11H22N2O. The van der Waals surface area contributed by atoms with Crippen molar-refractivity contribution in [1.29, 1.82) is 0 Å². The van der Waals surface area contributed by atoms with Gasteiger partial charge in [0.25, 0.3) is 0 Å². The van der Waals surface area contributed by atoms with Crippen LogP contribution in [0.25, 0.3) is 0 Å². The number of nitrogens with one attached hydrogen (secondary N) is 1. The van der Waals surface area contributed by atoms with Crippen molar-refractivity contribution in [3.63, 3.8) is 0 Å². The molecule has 0 unspecified atom stereocenters. The second kappa shape index (κ2) is 5.10. The van der Waals surface area contributed by atoms with Gasteiger partial charge in [0, 0.05) is 25.2 Å². The number of rotatable bonds is 3. The lowest BCUT2D eigenvalue weighted by atomic mass is 9.92. The summed E-state index contributed by atoms with van der Waals surface area (Å²) >= 11 is 0. The van der Waals surface area contributed by atoms with Gasteiger partial charge in [0.2, 0.25) is 0 Å². The molecule has 14 heavy (non-hydrogen) atoms. The van der Waals surface area contributed by atoms with E-state index in [0.717, 1.165) is 13.2 Å². The second-order valence-electron chi connectivity index (χ2n) is 4.65. The van der Waals surface area contributed by atoms with E-state index in [1.54, 1.807) is 0 Å². The van der Waals surface area contributed by atoms with Crippen molar-refractivity contribution in [1.82, 2.24) is 5.32 Å². The lowest BCUT2D eigenvalue weighted by molar-refractivity contribution is 0.105. The SMILES string of the molecule is NC1CCC(NC[C@H]2CCCO2)CC1. The van der Waals surface area contributed by atoms with Crippen molar-refractivity contribution in [3.05, 3.63) is 0 Å². The third kappa shape index (κ3) is 2.94. The van der Waals surface area contributed by atoms with Crippen LogP contribution in [0.3, 0.4) is 0 Å². The average Bonchev–Trinajstić information content (AvgIpc) is 2.70. The fourth-order valence-corrected chi connectivity index (χ4v) is 2.43. The zero-order valence-electron chi connectivity index (χ0n) is 8.87. The van der Waals surface area contributed by atoms with Gasteiger partial charge >= 0.3 is 0 Å². The summed E-state index contributed by atoms with van der Waals surface area (Å²) in [5, 5.41) is 3.60. The molecule has 3 heteroatoms. The number of hydrogen-bond donors (Lipinski definition) is 2. The Kier molecular flexibility index (Phi) is 3.79. The Morgan fingerprint density at radius 1 is 1.14 bits per heavy atom. The normalized spacial score (nSPS) is 38.8. The molecule has 0 aromatic carbocycles. The molecule has 1 heterocycles. The van der Waals surface area contributed by atoms with Crippen molar-refractivity contribution >= 4 is 0 Å². The van der Waals surface area contributed by atoms with Gasteiger partial charge in [0.05, 0.1) is 6.10 Å². The van der Waals surface area contributed by atoms with E-state index in [1.165, 1.54) is 38.5 Å². The molecule has 0 radical (unpaired) electrons. The van der Waals surface area contributed by atoms with Crippen LogP contribution in [0.1, 0.15) is 38.5 Å². The molecular weight excluding hydrogens is 176 g/mol. The highest BCUT2D eigenvalue weighted by molar-refractivity contribution is 4.80. The highest BCUT2D eigenvalue weighted by atomic mass is 16.5. The predicted molar refractivity (Wildman–Crippen MR) is 57.2 cm³/mol. The van der Waals surface area contributed by atoms with E-state index in [9.17, 15) is 0 Å². The van der Waals surface area contributed by atoms with Crippen LogP contribution in [0.15, 0.2) is 0 Å². The maximum absolute atomic E-state index is 5.86. The predicted octanol–water partition coefficient (Wildman–Crippen LogP) is 1.02. The minimum absolute atomic E-state index is 0.454. The number of ether oxygens (including phenoxy) is 1. The van der Waals surface area contributed by atoms with E-state index >= 15 is 0 Å². The Labute approximate surface area is 86.4 Å². The molecule has 2 fully saturated rings. The maximum Gasteiger partial charge on any atom is 0.0700 e. The summed E-state index contributed by atoms with van der Waals surface area (Å²) in [5.41, 5.74) is 5.86. The minimum Gasteiger partial charge on any atom is -0.377 e. The van der Waals surface area contributed by atoms with Crippen LogP contribution in [0, 0.1) is 0 Å². The lowest BCUT2D eigenvalue weighted by Gasteiger charge is -2.27. The smallest absolute Gasteiger partial charge is 0.0700 e.